The Kier molecular flexibility index (Phi) is 9.12. The van der Waals surface area contributed by atoms with E-state index in [9.17, 15) is 9.90 Å². The van der Waals surface area contributed by atoms with E-state index in [1.54, 1.807) is 6.07 Å². The van der Waals surface area contributed by atoms with Gasteiger partial charge < -0.3 is 29.2 Å². The molecule has 0 saturated heterocycles. The fourth-order valence-electron chi connectivity index (χ4n) is 5.12. The van der Waals surface area contributed by atoms with Crippen LogP contribution in [0.5, 0.6) is 11.5 Å². The number of amidine groups is 1. The van der Waals surface area contributed by atoms with E-state index in [4.69, 9.17) is 14.2 Å². The van der Waals surface area contributed by atoms with Gasteiger partial charge in [-0.15, -0.1) is 0 Å². The first-order chi connectivity index (χ1) is 20.8. The zero-order chi connectivity index (χ0) is 31.6. The van der Waals surface area contributed by atoms with Crippen LogP contribution in [0.2, 0.25) is 25.7 Å². The van der Waals surface area contributed by atoms with E-state index >= 15 is 8.78 Å². The number of carboxylic acids is 1. The predicted molar refractivity (Wildman–Crippen MR) is 169 cm³/mol. The molecular weight excluding hydrogens is 586 g/mol. The number of ether oxygens (including phenoxy) is 3. The van der Waals surface area contributed by atoms with Gasteiger partial charge in [0.15, 0.2) is 11.6 Å². The van der Waals surface area contributed by atoms with Crippen molar-refractivity contribution in [2.75, 3.05) is 25.1 Å². The fourth-order valence-corrected chi connectivity index (χ4v) is 5.88. The molecule has 5 rings (SSSR count). The maximum atomic E-state index is 15.8. The Morgan fingerprint density at radius 3 is 2.70 bits per heavy atom. The number of anilines is 1. The first kappa shape index (κ1) is 31.6. The molecule has 2 aliphatic rings. The van der Waals surface area contributed by atoms with Gasteiger partial charge in [0.25, 0.3) is 6.02 Å². The molecule has 1 unspecified atom stereocenters. The fraction of sp³-hybridized carbons (Fsp3) is 0.469. The Balaban J connectivity index is 1.49. The summed E-state index contributed by atoms with van der Waals surface area (Å²) >= 11 is 0. The summed E-state index contributed by atoms with van der Waals surface area (Å²) in [5.74, 6) is -3.43. The third-order valence-electron chi connectivity index (χ3n) is 7.80. The normalized spacial score (nSPS) is 18.4. The number of hydrogen-bond donors (Lipinski definition) is 2. The summed E-state index contributed by atoms with van der Waals surface area (Å²) in [6.45, 7) is 12.6. The van der Waals surface area contributed by atoms with Crippen LogP contribution in [-0.2, 0) is 21.0 Å². The zero-order valence-corrected chi connectivity index (χ0v) is 26.9. The minimum Gasteiger partial charge on any atom is -0.481 e. The molecule has 1 aliphatic heterocycles. The number of aliphatic carboxylic acids is 1. The quantitative estimate of drug-likeness (QED) is 0.177. The van der Waals surface area contributed by atoms with Crippen molar-refractivity contribution in [3.05, 3.63) is 53.9 Å². The lowest BCUT2D eigenvalue weighted by Crippen LogP contribution is -2.33. The topological polar surface area (TPSA) is 107 Å². The number of rotatable bonds is 10. The van der Waals surface area contributed by atoms with Gasteiger partial charge >= 0.3 is 5.97 Å². The number of carboxylic acid groups (broad SMARTS) is 1. The molecule has 0 fully saturated rings. The summed E-state index contributed by atoms with van der Waals surface area (Å²) < 4.78 is 50.4. The Morgan fingerprint density at radius 1 is 1.25 bits per heavy atom. The van der Waals surface area contributed by atoms with Gasteiger partial charge in [-0.25, -0.2) is 18.8 Å². The van der Waals surface area contributed by atoms with Crippen LogP contribution in [0.3, 0.4) is 0 Å². The number of aliphatic imine (C=N–C) groups is 1. The van der Waals surface area contributed by atoms with Crippen molar-refractivity contribution in [2.45, 2.75) is 65.5 Å². The molecule has 0 bridgehead atoms. The first-order valence-electron chi connectivity index (χ1n) is 14.9. The predicted octanol–water partition coefficient (Wildman–Crippen LogP) is 7.51. The van der Waals surface area contributed by atoms with Gasteiger partial charge in [0, 0.05) is 38.1 Å². The summed E-state index contributed by atoms with van der Waals surface area (Å²) in [6, 6.07) is 5.13. The summed E-state index contributed by atoms with van der Waals surface area (Å²) in [5.41, 5.74) is 2.06. The Bertz CT molecular complexity index is 1610. The minimum atomic E-state index is -1.29. The second kappa shape index (κ2) is 12.7. The number of halogens is 2. The van der Waals surface area contributed by atoms with Crippen LogP contribution in [0.15, 0.2) is 41.7 Å². The Morgan fingerprint density at radius 2 is 2.05 bits per heavy atom. The maximum Gasteiger partial charge on any atom is 0.306 e. The van der Waals surface area contributed by atoms with Gasteiger partial charge in [-0.2, -0.15) is 0 Å². The second-order valence-electron chi connectivity index (χ2n) is 13.4. The standard InChI is InChI=1S/C32H40F2N4O5Si/c1-32(2)17-36-31(42-18-32)37-24-11-10-23(33)28(27(24)34)43-25-12-13-35-29-26(25)22(20-6-8-21(9-7-20)30(39)40)16-38(29)19-41-14-15-44(3,4)5/h6,10-13,16,21H,7-9,14-15,17-19H2,1-5H3,(H,36,37)(H,39,40). The van der Waals surface area contributed by atoms with Gasteiger partial charge in [-0.3, -0.25) is 4.79 Å². The molecule has 3 aromatic rings. The van der Waals surface area contributed by atoms with Crippen molar-refractivity contribution in [3.8, 4) is 11.5 Å². The van der Waals surface area contributed by atoms with Crippen molar-refractivity contribution >= 4 is 42.4 Å². The van der Waals surface area contributed by atoms with Crippen LogP contribution in [-0.4, -0.2) is 54.5 Å². The van der Waals surface area contributed by atoms with E-state index in [2.05, 4.69) is 34.9 Å². The van der Waals surface area contributed by atoms with E-state index in [-0.39, 0.29) is 29.6 Å². The molecule has 0 radical (unpaired) electrons. The monoisotopic (exact) mass is 626 g/mol. The zero-order valence-electron chi connectivity index (χ0n) is 25.9. The van der Waals surface area contributed by atoms with Crippen molar-refractivity contribution in [3.63, 3.8) is 0 Å². The summed E-state index contributed by atoms with van der Waals surface area (Å²) in [5, 5.41) is 12.9. The van der Waals surface area contributed by atoms with Gasteiger partial charge in [-0.1, -0.05) is 39.6 Å². The van der Waals surface area contributed by atoms with Crippen LogP contribution < -0.4 is 10.1 Å². The van der Waals surface area contributed by atoms with Crippen molar-refractivity contribution in [2.24, 2.45) is 16.3 Å². The lowest BCUT2D eigenvalue weighted by atomic mass is 9.86. The molecule has 1 aliphatic carbocycles. The number of benzene rings is 1. The number of carbonyl (C=O) groups is 1. The minimum absolute atomic E-state index is 0.0338. The molecule has 236 valence electrons. The highest BCUT2D eigenvalue weighted by atomic mass is 28.3. The number of allylic oxidation sites excluding steroid dienone is 2. The maximum absolute atomic E-state index is 15.8. The second-order valence-corrected chi connectivity index (χ2v) is 19.1. The lowest BCUT2D eigenvalue weighted by Gasteiger charge is -2.28. The summed E-state index contributed by atoms with van der Waals surface area (Å²) in [6.07, 6.45) is 6.75. The van der Waals surface area contributed by atoms with Gasteiger partial charge in [0.1, 0.15) is 18.1 Å². The van der Waals surface area contributed by atoms with Crippen LogP contribution in [0, 0.1) is 23.0 Å². The van der Waals surface area contributed by atoms with Crippen LogP contribution in [0.4, 0.5) is 14.5 Å². The molecular formula is C32H40F2N4O5Si. The highest BCUT2D eigenvalue weighted by Crippen LogP contribution is 2.41. The molecule has 1 atom stereocenters. The van der Waals surface area contributed by atoms with Gasteiger partial charge in [0.2, 0.25) is 5.75 Å². The van der Waals surface area contributed by atoms with Crippen LogP contribution >= 0.6 is 0 Å². The van der Waals surface area contributed by atoms with E-state index in [1.165, 1.54) is 12.3 Å². The van der Waals surface area contributed by atoms with Crippen molar-refractivity contribution in [1.82, 2.24) is 9.55 Å². The van der Waals surface area contributed by atoms with E-state index in [1.807, 2.05) is 30.7 Å². The van der Waals surface area contributed by atoms with E-state index < -0.39 is 37.3 Å². The molecule has 2 aromatic heterocycles. The van der Waals surface area contributed by atoms with Gasteiger partial charge in [-0.05, 0) is 49.1 Å². The third-order valence-corrected chi connectivity index (χ3v) is 9.51. The van der Waals surface area contributed by atoms with Crippen molar-refractivity contribution < 1.29 is 32.9 Å². The molecule has 12 heteroatoms. The Hall–Kier alpha value is -3.77. The van der Waals surface area contributed by atoms with Gasteiger partial charge in [0.05, 0.1) is 30.1 Å². The summed E-state index contributed by atoms with van der Waals surface area (Å²) in [4.78, 5) is 20.5. The number of hydrogen-bond acceptors (Lipinski definition) is 7. The van der Waals surface area contributed by atoms with E-state index in [0.717, 1.165) is 23.2 Å². The van der Waals surface area contributed by atoms with Crippen LogP contribution in [0.25, 0.3) is 16.6 Å². The number of fused-ring (bicyclic) bond motifs is 1. The largest absolute Gasteiger partial charge is 0.481 e. The molecule has 9 nitrogen and oxygen atoms in total. The number of nitrogens with one attached hydrogen (secondary N) is 1. The van der Waals surface area contributed by atoms with Crippen LogP contribution in [0.1, 0.15) is 38.7 Å². The molecule has 0 spiro atoms. The average Bonchev–Trinajstić information content (AvgIpc) is 3.35. The first-order valence-corrected chi connectivity index (χ1v) is 18.6. The molecule has 44 heavy (non-hydrogen) atoms. The highest BCUT2D eigenvalue weighted by molar-refractivity contribution is 6.76. The molecule has 1 aromatic carbocycles. The lowest BCUT2D eigenvalue weighted by molar-refractivity contribution is -0.141. The Labute approximate surface area is 256 Å². The van der Waals surface area contributed by atoms with Crippen molar-refractivity contribution in [1.29, 1.82) is 0 Å². The highest BCUT2D eigenvalue weighted by Gasteiger charge is 2.28. The smallest absolute Gasteiger partial charge is 0.306 e. The summed E-state index contributed by atoms with van der Waals surface area (Å²) in [7, 11) is -1.29. The van der Waals surface area contributed by atoms with E-state index in [0.29, 0.717) is 50.1 Å². The number of pyridine rings is 1. The molecule has 0 amide bonds. The number of nitrogens with zero attached hydrogens (tertiary/aromatic N) is 3. The molecule has 3 heterocycles. The molecule has 2 N–H and O–H groups in total. The SMILES string of the molecule is CC1(C)CN=C(Nc2ccc(F)c(Oc3ccnc4c3c(C3=CCC(C(=O)O)CC3)cn4COCC[Si](C)(C)C)c2F)OC1. The average molecular weight is 627 g/mol. The number of aromatic nitrogens is 2. The third kappa shape index (κ3) is 7.29. The molecule has 0 saturated carbocycles.